The van der Waals surface area contributed by atoms with Crippen LogP contribution in [0.15, 0.2) is 24.3 Å². The predicted molar refractivity (Wildman–Crippen MR) is 58.5 cm³/mol. The van der Waals surface area contributed by atoms with Crippen molar-refractivity contribution in [2.24, 2.45) is 0 Å². The first-order chi connectivity index (χ1) is 6.77. The second kappa shape index (κ2) is 5.56. The standard InChI is InChI=1S/C11H9BrFN/c12-6-1-2-10-8-9(5-7-14)3-4-11(10)13/h1-4,8H,5-6H2. The highest BCUT2D eigenvalue weighted by atomic mass is 79.9. The molecule has 0 fully saturated rings. The van der Waals surface area contributed by atoms with E-state index >= 15 is 0 Å². The van der Waals surface area contributed by atoms with E-state index in [-0.39, 0.29) is 5.82 Å². The van der Waals surface area contributed by atoms with E-state index in [1.165, 1.54) is 6.07 Å². The summed E-state index contributed by atoms with van der Waals surface area (Å²) in [5.41, 5.74) is 1.36. The molecule has 1 nitrogen and oxygen atoms in total. The van der Waals surface area contributed by atoms with E-state index in [4.69, 9.17) is 5.26 Å². The molecule has 1 aromatic carbocycles. The molecule has 0 unspecified atom stereocenters. The first-order valence-corrected chi connectivity index (χ1v) is 5.28. The molecule has 0 aliphatic heterocycles. The first kappa shape index (κ1) is 10.9. The fourth-order valence-electron chi connectivity index (χ4n) is 1.09. The Morgan fingerprint density at radius 2 is 2.29 bits per heavy atom. The van der Waals surface area contributed by atoms with Gasteiger partial charge in [0.05, 0.1) is 12.5 Å². The third-order valence-electron chi connectivity index (χ3n) is 1.73. The second-order valence-electron chi connectivity index (χ2n) is 2.75. The van der Waals surface area contributed by atoms with Gasteiger partial charge in [0.15, 0.2) is 0 Å². The van der Waals surface area contributed by atoms with Gasteiger partial charge in [-0.15, -0.1) is 0 Å². The van der Waals surface area contributed by atoms with E-state index in [1.54, 1.807) is 18.2 Å². The zero-order valence-corrected chi connectivity index (χ0v) is 9.09. The van der Waals surface area contributed by atoms with Crippen molar-refractivity contribution in [1.29, 1.82) is 5.26 Å². The van der Waals surface area contributed by atoms with Gasteiger partial charge in [0.2, 0.25) is 0 Å². The molecule has 0 amide bonds. The highest BCUT2D eigenvalue weighted by Crippen LogP contribution is 2.12. The third-order valence-corrected chi connectivity index (χ3v) is 2.10. The molecule has 0 N–H and O–H groups in total. The van der Waals surface area contributed by atoms with Gasteiger partial charge >= 0.3 is 0 Å². The first-order valence-electron chi connectivity index (χ1n) is 4.16. The number of rotatable bonds is 3. The quantitative estimate of drug-likeness (QED) is 0.759. The van der Waals surface area contributed by atoms with E-state index in [0.29, 0.717) is 17.3 Å². The van der Waals surface area contributed by atoms with Gasteiger partial charge in [-0.1, -0.05) is 34.1 Å². The van der Waals surface area contributed by atoms with Crippen molar-refractivity contribution in [3.63, 3.8) is 0 Å². The molecular formula is C11H9BrFN. The maximum absolute atomic E-state index is 13.2. The topological polar surface area (TPSA) is 23.8 Å². The van der Waals surface area contributed by atoms with Gasteiger partial charge in [-0.2, -0.15) is 5.26 Å². The number of hydrogen-bond acceptors (Lipinski definition) is 1. The number of halogens is 2. The number of benzene rings is 1. The molecule has 0 radical (unpaired) electrons. The SMILES string of the molecule is N#CCc1ccc(F)c(C=CCBr)c1. The smallest absolute Gasteiger partial charge is 0.130 e. The van der Waals surface area contributed by atoms with Crippen molar-refractivity contribution in [3.05, 3.63) is 41.2 Å². The number of nitrogens with zero attached hydrogens (tertiary/aromatic N) is 1. The highest BCUT2D eigenvalue weighted by molar-refractivity contribution is 9.09. The molecule has 0 atom stereocenters. The number of hydrogen-bond donors (Lipinski definition) is 0. The summed E-state index contributed by atoms with van der Waals surface area (Å²) in [6.07, 6.45) is 3.83. The maximum atomic E-state index is 13.2. The Morgan fingerprint density at radius 1 is 1.50 bits per heavy atom. The lowest BCUT2D eigenvalue weighted by atomic mass is 10.1. The average molecular weight is 254 g/mol. The Bertz CT molecular complexity index is 379. The minimum atomic E-state index is -0.260. The Kier molecular flexibility index (Phi) is 4.34. The van der Waals surface area contributed by atoms with Gasteiger partial charge in [-0.25, -0.2) is 4.39 Å². The molecule has 3 heteroatoms. The zero-order chi connectivity index (χ0) is 10.4. The van der Waals surface area contributed by atoms with E-state index < -0.39 is 0 Å². The van der Waals surface area contributed by atoms with E-state index in [0.717, 1.165) is 5.56 Å². The number of nitriles is 1. The van der Waals surface area contributed by atoms with Crippen molar-refractivity contribution >= 4 is 22.0 Å². The summed E-state index contributed by atoms with van der Waals surface area (Å²) in [5.74, 6) is -0.260. The monoisotopic (exact) mass is 253 g/mol. The van der Waals surface area contributed by atoms with Crippen molar-refractivity contribution in [1.82, 2.24) is 0 Å². The largest absolute Gasteiger partial charge is 0.206 e. The summed E-state index contributed by atoms with van der Waals surface area (Å²) in [6.45, 7) is 0. The minimum Gasteiger partial charge on any atom is -0.206 e. The molecule has 0 saturated carbocycles. The maximum Gasteiger partial charge on any atom is 0.130 e. The minimum absolute atomic E-state index is 0.260. The van der Waals surface area contributed by atoms with Crippen LogP contribution in [0.5, 0.6) is 0 Å². The molecule has 1 aromatic rings. The van der Waals surface area contributed by atoms with Crippen LogP contribution in [0.2, 0.25) is 0 Å². The molecule has 0 spiro atoms. The van der Waals surface area contributed by atoms with Gasteiger partial charge in [-0.3, -0.25) is 0 Å². The van der Waals surface area contributed by atoms with Crippen LogP contribution in [0.3, 0.4) is 0 Å². The summed E-state index contributed by atoms with van der Waals surface area (Å²) < 4.78 is 13.2. The van der Waals surface area contributed by atoms with Crippen molar-refractivity contribution in [2.75, 3.05) is 5.33 Å². The van der Waals surface area contributed by atoms with Crippen LogP contribution >= 0.6 is 15.9 Å². The third kappa shape index (κ3) is 2.97. The molecule has 72 valence electrons. The predicted octanol–water partition coefficient (Wildman–Crippen LogP) is 3.30. The zero-order valence-electron chi connectivity index (χ0n) is 7.50. The molecule has 0 aromatic heterocycles. The Morgan fingerprint density at radius 3 is 2.93 bits per heavy atom. The fraction of sp³-hybridized carbons (Fsp3) is 0.182. The summed E-state index contributed by atoms with van der Waals surface area (Å²) in [6, 6.07) is 6.74. The molecule has 0 bridgehead atoms. The lowest BCUT2D eigenvalue weighted by Gasteiger charge is -1.99. The fourth-order valence-corrected chi connectivity index (χ4v) is 1.28. The summed E-state index contributed by atoms with van der Waals surface area (Å²) in [7, 11) is 0. The lowest BCUT2D eigenvalue weighted by molar-refractivity contribution is 0.624. The van der Waals surface area contributed by atoms with Crippen LogP contribution in [0.4, 0.5) is 4.39 Å². The number of alkyl halides is 1. The van der Waals surface area contributed by atoms with Crippen LogP contribution in [-0.2, 0) is 6.42 Å². The molecular weight excluding hydrogens is 245 g/mol. The highest BCUT2D eigenvalue weighted by Gasteiger charge is 1.99. The van der Waals surface area contributed by atoms with Crippen LogP contribution in [0, 0.1) is 17.1 Å². The van der Waals surface area contributed by atoms with Crippen molar-refractivity contribution in [3.8, 4) is 6.07 Å². The van der Waals surface area contributed by atoms with Crippen molar-refractivity contribution < 1.29 is 4.39 Å². The van der Waals surface area contributed by atoms with Gasteiger partial charge in [0, 0.05) is 10.9 Å². The van der Waals surface area contributed by atoms with E-state index in [1.807, 2.05) is 12.1 Å². The van der Waals surface area contributed by atoms with Crippen LogP contribution in [0.25, 0.3) is 6.08 Å². The molecule has 0 heterocycles. The van der Waals surface area contributed by atoms with Crippen LogP contribution in [-0.4, -0.2) is 5.33 Å². The van der Waals surface area contributed by atoms with Gasteiger partial charge in [0.1, 0.15) is 5.82 Å². The summed E-state index contributed by atoms with van der Waals surface area (Å²) in [5, 5.41) is 9.18. The van der Waals surface area contributed by atoms with E-state index in [2.05, 4.69) is 15.9 Å². The summed E-state index contributed by atoms with van der Waals surface area (Å²) >= 11 is 3.22. The normalized spacial score (nSPS) is 10.4. The van der Waals surface area contributed by atoms with Crippen molar-refractivity contribution in [2.45, 2.75) is 6.42 Å². The van der Waals surface area contributed by atoms with Crippen LogP contribution in [0.1, 0.15) is 11.1 Å². The number of allylic oxidation sites excluding steroid dienone is 1. The molecule has 1 rings (SSSR count). The second-order valence-corrected chi connectivity index (χ2v) is 3.39. The lowest BCUT2D eigenvalue weighted by Crippen LogP contribution is -1.87. The molecule has 0 saturated heterocycles. The molecule has 0 aliphatic rings. The van der Waals surface area contributed by atoms with Gasteiger partial charge in [0.25, 0.3) is 0 Å². The Hall–Kier alpha value is -1.14. The van der Waals surface area contributed by atoms with Crippen LogP contribution < -0.4 is 0 Å². The Balaban J connectivity index is 2.97. The van der Waals surface area contributed by atoms with Gasteiger partial charge in [-0.05, 0) is 17.7 Å². The average Bonchev–Trinajstić information content (AvgIpc) is 2.19. The molecule has 14 heavy (non-hydrogen) atoms. The summed E-state index contributed by atoms with van der Waals surface area (Å²) in [4.78, 5) is 0. The molecule has 0 aliphatic carbocycles. The van der Waals surface area contributed by atoms with E-state index in [9.17, 15) is 4.39 Å². The Labute approximate surface area is 91.0 Å². The van der Waals surface area contributed by atoms with Gasteiger partial charge < -0.3 is 0 Å².